The van der Waals surface area contributed by atoms with E-state index in [1.807, 2.05) is 6.07 Å². The molecule has 59 heavy (non-hydrogen) atoms. The number of anilines is 3. The van der Waals surface area contributed by atoms with Crippen molar-refractivity contribution >= 4 is 82.5 Å². The number of furan rings is 1. The molecule has 0 bridgehead atoms. The Balaban J connectivity index is 1.12. The highest BCUT2D eigenvalue weighted by molar-refractivity contribution is 6.17. The molecule has 0 atom stereocenters. The second-order valence-electron chi connectivity index (χ2n) is 15.0. The molecule has 3 aromatic heterocycles. The van der Waals surface area contributed by atoms with Gasteiger partial charge >= 0.3 is 0 Å². The fraction of sp³-hybridized carbons (Fsp3) is 0. The van der Waals surface area contributed by atoms with Gasteiger partial charge in [0.1, 0.15) is 11.2 Å². The summed E-state index contributed by atoms with van der Waals surface area (Å²) in [5.74, 6) is 0.602. The zero-order valence-electron chi connectivity index (χ0n) is 31.8. The van der Waals surface area contributed by atoms with Crippen molar-refractivity contribution in [3.05, 3.63) is 206 Å². The molecule has 0 fully saturated rings. The van der Waals surface area contributed by atoms with E-state index >= 15 is 0 Å². The van der Waals surface area contributed by atoms with Gasteiger partial charge in [0, 0.05) is 49.6 Å². The summed E-state index contributed by atoms with van der Waals surface area (Å²) in [6.07, 6.45) is 0. The van der Waals surface area contributed by atoms with Crippen LogP contribution in [-0.2, 0) is 0 Å². The lowest BCUT2D eigenvalue weighted by molar-refractivity contribution is 0.669. The van der Waals surface area contributed by atoms with Gasteiger partial charge < -0.3 is 9.32 Å². The fourth-order valence-corrected chi connectivity index (χ4v) is 8.87. The lowest BCUT2D eigenvalue weighted by Gasteiger charge is -2.25. The number of nitrogens with zero attached hydrogens (tertiary/aromatic N) is 4. The molecule has 12 rings (SSSR count). The Morgan fingerprint density at radius 3 is 1.80 bits per heavy atom. The minimum atomic E-state index is 0.602. The van der Waals surface area contributed by atoms with E-state index < -0.39 is 0 Å². The number of rotatable bonds is 6. The first-order valence-electron chi connectivity index (χ1n) is 19.9. The van der Waals surface area contributed by atoms with Gasteiger partial charge in [0.15, 0.2) is 0 Å². The second kappa shape index (κ2) is 13.3. The predicted octanol–water partition coefficient (Wildman–Crippen LogP) is 14.6. The molecule has 0 radical (unpaired) electrons. The van der Waals surface area contributed by atoms with Crippen molar-refractivity contribution in [2.24, 2.45) is 0 Å². The Bertz CT molecular complexity index is 3520. The molecule has 5 heteroatoms. The van der Waals surface area contributed by atoms with Crippen LogP contribution in [0.2, 0.25) is 0 Å². The molecule has 5 nitrogen and oxygen atoms in total. The Kier molecular flexibility index (Phi) is 7.47. The average molecular weight is 755 g/mol. The van der Waals surface area contributed by atoms with Crippen molar-refractivity contribution < 1.29 is 4.42 Å². The van der Waals surface area contributed by atoms with Crippen LogP contribution in [0.25, 0.3) is 93.8 Å². The monoisotopic (exact) mass is 754 g/mol. The minimum Gasteiger partial charge on any atom is -0.456 e. The first-order valence-corrected chi connectivity index (χ1v) is 19.9. The maximum absolute atomic E-state index is 6.77. The molecule has 0 saturated heterocycles. The number of aromatic nitrogens is 3. The third-order valence-electron chi connectivity index (χ3n) is 11.5. The van der Waals surface area contributed by atoms with E-state index in [0.29, 0.717) is 5.95 Å². The standard InChI is InChI=1S/C54H34N4O/c1-4-16-35(17-5-1)45-31-38(33-51-52(45)46-30-36-18-10-11-19-37(36)32-50(46)59-51)53-44-25-12-14-26-47(44)55-54(56-53)58-48-27-15-13-24-42(48)43-29-28-41(34-49(43)58)57(39-20-6-2-7-21-39)40-22-8-3-9-23-40/h1-34H. The van der Waals surface area contributed by atoms with E-state index in [9.17, 15) is 0 Å². The Morgan fingerprint density at radius 2 is 1.03 bits per heavy atom. The molecule has 0 aliphatic heterocycles. The van der Waals surface area contributed by atoms with Crippen LogP contribution in [0.15, 0.2) is 211 Å². The summed E-state index contributed by atoms with van der Waals surface area (Å²) in [6.45, 7) is 0. The largest absolute Gasteiger partial charge is 0.456 e. The Hall–Kier alpha value is -8.02. The highest BCUT2D eigenvalue weighted by Gasteiger charge is 2.22. The van der Waals surface area contributed by atoms with Crippen LogP contribution in [0.3, 0.4) is 0 Å². The number of hydrogen-bond donors (Lipinski definition) is 0. The van der Waals surface area contributed by atoms with Crippen LogP contribution >= 0.6 is 0 Å². The van der Waals surface area contributed by atoms with Gasteiger partial charge in [-0.1, -0.05) is 133 Å². The molecule has 0 amide bonds. The summed E-state index contributed by atoms with van der Waals surface area (Å²) < 4.78 is 8.99. The van der Waals surface area contributed by atoms with E-state index in [1.165, 1.54) is 5.39 Å². The van der Waals surface area contributed by atoms with Crippen molar-refractivity contribution in [3.63, 3.8) is 0 Å². The molecule has 3 heterocycles. The highest BCUT2D eigenvalue weighted by atomic mass is 16.3. The van der Waals surface area contributed by atoms with Gasteiger partial charge in [-0.15, -0.1) is 0 Å². The molecule has 0 N–H and O–H groups in total. The first kappa shape index (κ1) is 33.2. The number of benzene rings is 9. The number of fused-ring (bicyclic) bond motifs is 8. The molecule has 0 spiro atoms. The molecule has 0 unspecified atom stereocenters. The van der Waals surface area contributed by atoms with Crippen molar-refractivity contribution in [1.29, 1.82) is 0 Å². The van der Waals surface area contributed by atoms with Crippen LogP contribution < -0.4 is 4.90 Å². The minimum absolute atomic E-state index is 0.602. The van der Waals surface area contributed by atoms with Crippen molar-refractivity contribution in [2.45, 2.75) is 0 Å². The zero-order chi connectivity index (χ0) is 38.9. The lowest BCUT2D eigenvalue weighted by Crippen LogP contribution is -2.10. The van der Waals surface area contributed by atoms with E-state index in [4.69, 9.17) is 14.4 Å². The topological polar surface area (TPSA) is 47.1 Å². The van der Waals surface area contributed by atoms with Gasteiger partial charge in [0.05, 0.1) is 22.2 Å². The van der Waals surface area contributed by atoms with E-state index in [0.717, 1.165) is 99.5 Å². The molecular formula is C54H34N4O. The van der Waals surface area contributed by atoms with Gasteiger partial charge in [-0.25, -0.2) is 9.97 Å². The van der Waals surface area contributed by atoms with Crippen LogP contribution in [0, 0.1) is 0 Å². The van der Waals surface area contributed by atoms with Gasteiger partial charge in [-0.2, -0.15) is 0 Å². The maximum Gasteiger partial charge on any atom is 0.235 e. The van der Waals surface area contributed by atoms with E-state index in [1.54, 1.807) is 0 Å². The first-order chi connectivity index (χ1) is 29.2. The lowest BCUT2D eigenvalue weighted by atomic mass is 9.94. The van der Waals surface area contributed by atoms with Crippen LogP contribution in [0.4, 0.5) is 17.1 Å². The highest BCUT2D eigenvalue weighted by Crippen LogP contribution is 2.43. The quantitative estimate of drug-likeness (QED) is 0.170. The molecule has 0 aliphatic rings. The molecule has 12 aromatic rings. The van der Waals surface area contributed by atoms with Gasteiger partial charge in [0.2, 0.25) is 5.95 Å². The van der Waals surface area contributed by atoms with Crippen LogP contribution in [0.5, 0.6) is 0 Å². The normalized spacial score (nSPS) is 11.7. The van der Waals surface area contributed by atoms with Crippen molar-refractivity contribution in [1.82, 2.24) is 14.5 Å². The van der Waals surface area contributed by atoms with Gasteiger partial charge in [0.25, 0.3) is 0 Å². The van der Waals surface area contributed by atoms with Crippen LogP contribution in [0.1, 0.15) is 0 Å². The van der Waals surface area contributed by atoms with Crippen molar-refractivity contribution in [3.8, 4) is 28.3 Å². The molecule has 0 aliphatic carbocycles. The number of para-hydroxylation sites is 4. The predicted molar refractivity (Wildman–Crippen MR) is 244 cm³/mol. The summed E-state index contributed by atoms with van der Waals surface area (Å²) in [5.41, 5.74) is 11.8. The zero-order valence-corrected chi connectivity index (χ0v) is 31.8. The Labute approximate surface area is 339 Å². The SMILES string of the molecule is c1ccc(-c2cc(-c3nc(-n4c5ccccc5c5ccc(N(c6ccccc6)c6ccccc6)cc54)nc4ccccc34)cc3oc4cc5ccccc5cc4c23)cc1. The summed E-state index contributed by atoms with van der Waals surface area (Å²) in [6, 6.07) is 72.5. The molecular weight excluding hydrogens is 721 g/mol. The van der Waals surface area contributed by atoms with Crippen molar-refractivity contribution in [2.75, 3.05) is 4.90 Å². The van der Waals surface area contributed by atoms with Gasteiger partial charge in [-0.05, 0) is 94.7 Å². The average Bonchev–Trinajstić information content (AvgIpc) is 3.83. The summed E-state index contributed by atoms with van der Waals surface area (Å²) in [4.78, 5) is 13.2. The van der Waals surface area contributed by atoms with E-state index in [-0.39, 0.29) is 0 Å². The maximum atomic E-state index is 6.77. The molecule has 9 aromatic carbocycles. The number of hydrogen-bond acceptors (Lipinski definition) is 4. The fourth-order valence-electron chi connectivity index (χ4n) is 8.87. The second-order valence-corrected chi connectivity index (χ2v) is 15.0. The third kappa shape index (κ3) is 5.40. The smallest absolute Gasteiger partial charge is 0.235 e. The molecule has 276 valence electrons. The van der Waals surface area contributed by atoms with Crippen LogP contribution in [-0.4, -0.2) is 14.5 Å². The van der Waals surface area contributed by atoms with E-state index in [2.05, 4.69) is 210 Å². The summed E-state index contributed by atoms with van der Waals surface area (Å²) in [5, 5.41) is 7.76. The Morgan fingerprint density at radius 1 is 0.407 bits per heavy atom. The van der Waals surface area contributed by atoms with Gasteiger partial charge in [-0.3, -0.25) is 4.57 Å². The third-order valence-corrected chi connectivity index (χ3v) is 11.5. The summed E-state index contributed by atoms with van der Waals surface area (Å²) in [7, 11) is 0. The molecule has 0 saturated carbocycles. The summed E-state index contributed by atoms with van der Waals surface area (Å²) >= 11 is 0.